The average Bonchev–Trinajstić information content (AvgIpc) is 2.38. The first-order chi connectivity index (χ1) is 9.58. The first-order valence-electron chi connectivity index (χ1n) is 8.11. The molecule has 0 heterocycles. The Hall–Kier alpha value is -1.06. The van der Waals surface area contributed by atoms with E-state index in [9.17, 15) is 14.7 Å². The minimum absolute atomic E-state index is 0.0886. The Morgan fingerprint density at radius 2 is 1.76 bits per heavy atom. The summed E-state index contributed by atoms with van der Waals surface area (Å²) in [5.41, 5.74) is -0.774. The van der Waals surface area contributed by atoms with Gasteiger partial charge in [0.15, 0.2) is 0 Å². The molecule has 0 aromatic carbocycles. The Bertz CT molecular complexity index is 393. The highest BCUT2D eigenvalue weighted by atomic mass is 16.4. The molecular weight excluding hydrogens is 266 g/mol. The van der Waals surface area contributed by atoms with Crippen LogP contribution in [0.2, 0.25) is 0 Å². The van der Waals surface area contributed by atoms with Crippen molar-refractivity contribution in [1.29, 1.82) is 0 Å². The third-order valence-corrected chi connectivity index (χ3v) is 5.54. The van der Waals surface area contributed by atoms with Crippen LogP contribution in [0.1, 0.15) is 73.6 Å². The van der Waals surface area contributed by atoms with E-state index < -0.39 is 11.5 Å². The number of carbonyl (C=O) groups is 2. The van der Waals surface area contributed by atoms with Gasteiger partial charge in [0.05, 0.1) is 0 Å². The topological polar surface area (TPSA) is 57.6 Å². The van der Waals surface area contributed by atoms with Crippen molar-refractivity contribution in [3.63, 3.8) is 0 Å². The summed E-state index contributed by atoms with van der Waals surface area (Å²) in [5, 5.41) is 9.81. The van der Waals surface area contributed by atoms with Crippen molar-refractivity contribution in [2.75, 3.05) is 0 Å². The first kappa shape index (κ1) is 18.0. The zero-order valence-electron chi connectivity index (χ0n) is 14.4. The smallest absolute Gasteiger partial charge is 0.329 e. The predicted octanol–water partition coefficient (Wildman–Crippen LogP) is 3.69. The van der Waals surface area contributed by atoms with Crippen LogP contribution in [0.3, 0.4) is 0 Å². The Morgan fingerprint density at radius 1 is 1.29 bits per heavy atom. The van der Waals surface area contributed by atoms with Crippen LogP contribution in [-0.4, -0.2) is 33.5 Å². The standard InChI is InChI=1S/C17H31NO3/c1-7-16(5,6)14-8-10-17(11-9-14,15(20)21)18(12(2)3)13(4)19/h12,14H,7-11H2,1-6H3,(H,20,21). The Labute approximate surface area is 128 Å². The summed E-state index contributed by atoms with van der Waals surface area (Å²) in [6, 6.07) is -0.0886. The molecule has 1 fully saturated rings. The van der Waals surface area contributed by atoms with E-state index in [0.717, 1.165) is 19.3 Å². The predicted molar refractivity (Wildman–Crippen MR) is 84.1 cm³/mol. The highest BCUT2D eigenvalue weighted by Gasteiger charge is 2.50. The number of carboxylic acids is 1. The lowest BCUT2D eigenvalue weighted by Gasteiger charge is -2.49. The molecule has 0 aromatic heterocycles. The van der Waals surface area contributed by atoms with Crippen LogP contribution in [0.15, 0.2) is 0 Å². The van der Waals surface area contributed by atoms with Gasteiger partial charge in [0.25, 0.3) is 0 Å². The lowest BCUT2D eigenvalue weighted by Crippen LogP contribution is -2.61. The van der Waals surface area contributed by atoms with Crippen molar-refractivity contribution in [3.8, 4) is 0 Å². The minimum Gasteiger partial charge on any atom is -0.479 e. The molecule has 0 unspecified atom stereocenters. The largest absolute Gasteiger partial charge is 0.479 e. The van der Waals surface area contributed by atoms with Gasteiger partial charge in [-0.1, -0.05) is 27.2 Å². The maximum Gasteiger partial charge on any atom is 0.329 e. The zero-order chi connectivity index (χ0) is 16.4. The number of nitrogens with zero attached hydrogens (tertiary/aromatic N) is 1. The van der Waals surface area contributed by atoms with E-state index in [4.69, 9.17) is 0 Å². The van der Waals surface area contributed by atoms with Gasteiger partial charge in [0.1, 0.15) is 5.54 Å². The number of carboxylic acid groups (broad SMARTS) is 1. The van der Waals surface area contributed by atoms with Crippen molar-refractivity contribution in [2.45, 2.75) is 85.2 Å². The van der Waals surface area contributed by atoms with Crippen LogP contribution in [0.4, 0.5) is 0 Å². The molecule has 4 nitrogen and oxygen atoms in total. The molecule has 1 rings (SSSR count). The lowest BCUT2D eigenvalue weighted by atomic mass is 9.65. The molecule has 1 aliphatic carbocycles. The third-order valence-electron chi connectivity index (χ3n) is 5.54. The van der Waals surface area contributed by atoms with Gasteiger partial charge in [-0.15, -0.1) is 0 Å². The van der Waals surface area contributed by atoms with Crippen LogP contribution in [0, 0.1) is 11.3 Å². The number of hydrogen-bond donors (Lipinski definition) is 1. The molecule has 0 aliphatic heterocycles. The van der Waals surface area contributed by atoms with Crippen molar-refractivity contribution in [3.05, 3.63) is 0 Å². The molecule has 4 heteroatoms. The highest BCUT2D eigenvalue weighted by molar-refractivity contribution is 5.86. The van der Waals surface area contributed by atoms with Gasteiger partial charge < -0.3 is 10.0 Å². The molecule has 21 heavy (non-hydrogen) atoms. The average molecular weight is 297 g/mol. The minimum atomic E-state index is -1.01. The van der Waals surface area contributed by atoms with Gasteiger partial charge in [0, 0.05) is 13.0 Å². The van der Waals surface area contributed by atoms with Crippen LogP contribution in [0.25, 0.3) is 0 Å². The summed E-state index contributed by atoms with van der Waals surface area (Å²) in [5.74, 6) is -0.448. The maximum absolute atomic E-state index is 12.0. The van der Waals surface area contributed by atoms with Crippen LogP contribution in [-0.2, 0) is 9.59 Å². The number of hydrogen-bond acceptors (Lipinski definition) is 2. The van der Waals surface area contributed by atoms with Gasteiger partial charge in [-0.2, -0.15) is 0 Å². The molecule has 1 amide bonds. The van der Waals surface area contributed by atoms with Crippen LogP contribution >= 0.6 is 0 Å². The second-order valence-electron chi connectivity index (χ2n) is 7.44. The number of amides is 1. The van der Waals surface area contributed by atoms with Gasteiger partial charge in [-0.25, -0.2) is 4.79 Å². The molecule has 0 bridgehead atoms. The normalized spacial score (nSPS) is 26.7. The Morgan fingerprint density at radius 3 is 2.05 bits per heavy atom. The number of carbonyl (C=O) groups excluding carboxylic acids is 1. The van der Waals surface area contributed by atoms with E-state index in [1.807, 2.05) is 13.8 Å². The van der Waals surface area contributed by atoms with Gasteiger partial charge in [-0.05, 0) is 50.9 Å². The second-order valence-corrected chi connectivity index (χ2v) is 7.44. The van der Waals surface area contributed by atoms with E-state index in [-0.39, 0.29) is 17.4 Å². The SMILES string of the molecule is CCC(C)(C)C1CCC(C(=O)O)(N(C(C)=O)C(C)C)CC1. The molecule has 1 saturated carbocycles. The van der Waals surface area contributed by atoms with E-state index in [0.29, 0.717) is 18.8 Å². The fraction of sp³-hybridized carbons (Fsp3) is 0.882. The van der Waals surface area contributed by atoms with E-state index in [2.05, 4.69) is 20.8 Å². The summed E-state index contributed by atoms with van der Waals surface area (Å²) in [6.07, 6.45) is 3.98. The molecule has 0 spiro atoms. The summed E-state index contributed by atoms with van der Waals surface area (Å²) in [6.45, 7) is 12.0. The number of rotatable bonds is 5. The molecule has 0 radical (unpaired) electrons. The quantitative estimate of drug-likeness (QED) is 0.842. The van der Waals surface area contributed by atoms with Crippen molar-refractivity contribution < 1.29 is 14.7 Å². The van der Waals surface area contributed by atoms with Crippen LogP contribution < -0.4 is 0 Å². The summed E-state index contributed by atoms with van der Waals surface area (Å²) < 4.78 is 0. The van der Waals surface area contributed by atoms with E-state index in [1.165, 1.54) is 6.92 Å². The van der Waals surface area contributed by atoms with Gasteiger partial charge in [-0.3, -0.25) is 4.79 Å². The first-order valence-corrected chi connectivity index (χ1v) is 8.11. The maximum atomic E-state index is 12.0. The van der Waals surface area contributed by atoms with Crippen LogP contribution in [0.5, 0.6) is 0 Å². The molecule has 1 N–H and O–H groups in total. The van der Waals surface area contributed by atoms with Crippen molar-refractivity contribution in [2.24, 2.45) is 11.3 Å². The van der Waals surface area contributed by atoms with Gasteiger partial charge in [0.2, 0.25) is 5.91 Å². The van der Waals surface area contributed by atoms with Crippen molar-refractivity contribution in [1.82, 2.24) is 4.90 Å². The third kappa shape index (κ3) is 3.41. The second kappa shape index (κ2) is 6.37. The molecule has 122 valence electrons. The zero-order valence-corrected chi connectivity index (χ0v) is 14.4. The summed E-state index contributed by atoms with van der Waals surface area (Å²) >= 11 is 0. The number of aliphatic carboxylic acids is 1. The Kier molecular flexibility index (Phi) is 5.46. The molecule has 1 aliphatic rings. The monoisotopic (exact) mass is 297 g/mol. The highest BCUT2D eigenvalue weighted by Crippen LogP contribution is 2.45. The molecule has 0 aromatic rings. The Balaban J connectivity index is 3.02. The fourth-order valence-corrected chi connectivity index (χ4v) is 3.88. The lowest BCUT2D eigenvalue weighted by molar-refractivity contribution is -0.165. The van der Waals surface area contributed by atoms with E-state index in [1.54, 1.807) is 4.90 Å². The van der Waals surface area contributed by atoms with Crippen molar-refractivity contribution >= 4 is 11.9 Å². The van der Waals surface area contributed by atoms with Gasteiger partial charge >= 0.3 is 5.97 Å². The fourth-order valence-electron chi connectivity index (χ4n) is 3.88. The molecular formula is C17H31NO3. The molecule has 0 atom stereocenters. The molecule has 0 saturated heterocycles. The summed E-state index contributed by atoms with van der Waals surface area (Å²) in [4.78, 5) is 25.5. The van der Waals surface area contributed by atoms with E-state index >= 15 is 0 Å². The summed E-state index contributed by atoms with van der Waals surface area (Å²) in [7, 11) is 0.